The standard InChI is InChI=1S/C9H19NO2/c1-7(11)9(2,12)8-4-3-5-10-6-8/h7-8,10-12H,3-6H2,1-2H3/t7?,8-,9+/m0/s1. The van der Waals surface area contributed by atoms with Gasteiger partial charge in [-0.3, -0.25) is 0 Å². The van der Waals surface area contributed by atoms with E-state index in [1.807, 2.05) is 0 Å². The van der Waals surface area contributed by atoms with Gasteiger partial charge in [0, 0.05) is 12.5 Å². The number of piperidine rings is 1. The lowest BCUT2D eigenvalue weighted by molar-refractivity contribution is -0.0974. The molecule has 3 heteroatoms. The van der Waals surface area contributed by atoms with Crippen LogP contribution in [0.2, 0.25) is 0 Å². The smallest absolute Gasteiger partial charge is 0.0914 e. The molecule has 1 heterocycles. The maximum absolute atomic E-state index is 9.93. The summed E-state index contributed by atoms with van der Waals surface area (Å²) in [7, 11) is 0. The Morgan fingerprint density at radius 3 is 2.67 bits per heavy atom. The van der Waals surface area contributed by atoms with Gasteiger partial charge in [-0.1, -0.05) is 0 Å². The van der Waals surface area contributed by atoms with Crippen LogP contribution in [0, 0.1) is 5.92 Å². The fraction of sp³-hybridized carbons (Fsp3) is 1.00. The first-order valence-corrected chi connectivity index (χ1v) is 4.66. The minimum Gasteiger partial charge on any atom is -0.390 e. The number of hydrogen-bond acceptors (Lipinski definition) is 3. The fourth-order valence-electron chi connectivity index (χ4n) is 1.69. The van der Waals surface area contributed by atoms with E-state index in [1.54, 1.807) is 13.8 Å². The van der Waals surface area contributed by atoms with E-state index in [0.29, 0.717) is 0 Å². The van der Waals surface area contributed by atoms with Gasteiger partial charge >= 0.3 is 0 Å². The van der Waals surface area contributed by atoms with Crippen LogP contribution < -0.4 is 5.32 Å². The quantitative estimate of drug-likeness (QED) is 0.556. The van der Waals surface area contributed by atoms with E-state index in [-0.39, 0.29) is 5.92 Å². The molecule has 3 atom stereocenters. The maximum Gasteiger partial charge on any atom is 0.0914 e. The first-order chi connectivity index (χ1) is 5.55. The molecule has 12 heavy (non-hydrogen) atoms. The highest BCUT2D eigenvalue weighted by Crippen LogP contribution is 2.26. The van der Waals surface area contributed by atoms with Crippen LogP contribution in [0.4, 0.5) is 0 Å². The Bertz CT molecular complexity index is 139. The van der Waals surface area contributed by atoms with Crippen LogP contribution in [-0.4, -0.2) is 35.0 Å². The third kappa shape index (κ3) is 1.97. The van der Waals surface area contributed by atoms with E-state index in [9.17, 15) is 10.2 Å². The summed E-state index contributed by atoms with van der Waals surface area (Å²) in [5.41, 5.74) is -0.937. The van der Waals surface area contributed by atoms with Crippen LogP contribution >= 0.6 is 0 Å². The molecule has 1 saturated heterocycles. The molecule has 0 saturated carbocycles. The zero-order valence-electron chi connectivity index (χ0n) is 7.88. The van der Waals surface area contributed by atoms with Crippen molar-refractivity contribution < 1.29 is 10.2 Å². The molecule has 0 spiro atoms. The molecule has 1 rings (SSSR count). The largest absolute Gasteiger partial charge is 0.390 e. The number of rotatable bonds is 2. The van der Waals surface area contributed by atoms with Gasteiger partial charge in [0.1, 0.15) is 0 Å². The van der Waals surface area contributed by atoms with Crippen molar-refractivity contribution in [2.24, 2.45) is 5.92 Å². The summed E-state index contributed by atoms with van der Waals surface area (Å²) in [5.74, 6) is 0.186. The molecule has 72 valence electrons. The summed E-state index contributed by atoms with van der Waals surface area (Å²) >= 11 is 0. The Hall–Kier alpha value is -0.120. The van der Waals surface area contributed by atoms with Crippen LogP contribution in [0.25, 0.3) is 0 Å². The molecule has 3 N–H and O–H groups in total. The van der Waals surface area contributed by atoms with Gasteiger partial charge in [0.25, 0.3) is 0 Å². The molecule has 0 aliphatic carbocycles. The normalized spacial score (nSPS) is 32.5. The lowest BCUT2D eigenvalue weighted by Crippen LogP contribution is -2.50. The Morgan fingerprint density at radius 2 is 2.25 bits per heavy atom. The Labute approximate surface area is 73.8 Å². The van der Waals surface area contributed by atoms with Crippen molar-refractivity contribution in [2.45, 2.75) is 38.4 Å². The number of hydrogen-bond donors (Lipinski definition) is 3. The van der Waals surface area contributed by atoms with E-state index in [1.165, 1.54) is 0 Å². The summed E-state index contributed by atoms with van der Waals surface area (Å²) in [5, 5.41) is 22.5. The molecule has 1 fully saturated rings. The molecule has 1 unspecified atom stereocenters. The lowest BCUT2D eigenvalue weighted by Gasteiger charge is -2.37. The predicted molar refractivity (Wildman–Crippen MR) is 47.9 cm³/mol. The predicted octanol–water partition coefficient (Wildman–Crippen LogP) is 0.118. The van der Waals surface area contributed by atoms with Crippen molar-refractivity contribution in [3.05, 3.63) is 0 Å². The van der Waals surface area contributed by atoms with Gasteiger partial charge in [-0.15, -0.1) is 0 Å². The minimum atomic E-state index is -0.937. The Morgan fingerprint density at radius 1 is 1.58 bits per heavy atom. The first kappa shape index (κ1) is 9.96. The third-order valence-corrected chi connectivity index (χ3v) is 2.97. The van der Waals surface area contributed by atoms with Crippen LogP contribution in [0.3, 0.4) is 0 Å². The van der Waals surface area contributed by atoms with Crippen molar-refractivity contribution in [1.82, 2.24) is 5.32 Å². The van der Waals surface area contributed by atoms with Crippen molar-refractivity contribution in [3.63, 3.8) is 0 Å². The van der Waals surface area contributed by atoms with Gasteiger partial charge in [0.05, 0.1) is 11.7 Å². The highest BCUT2D eigenvalue weighted by Gasteiger charge is 2.36. The second-order valence-electron chi connectivity index (χ2n) is 3.95. The number of aliphatic hydroxyl groups is 2. The zero-order chi connectivity index (χ0) is 9.19. The van der Waals surface area contributed by atoms with Gasteiger partial charge < -0.3 is 15.5 Å². The van der Waals surface area contributed by atoms with E-state index in [0.717, 1.165) is 25.9 Å². The van der Waals surface area contributed by atoms with Crippen molar-refractivity contribution >= 4 is 0 Å². The Balaban J connectivity index is 2.53. The molecule has 3 nitrogen and oxygen atoms in total. The summed E-state index contributed by atoms with van der Waals surface area (Å²) in [6.07, 6.45) is 1.45. The molecule has 0 amide bonds. The van der Waals surface area contributed by atoms with Crippen molar-refractivity contribution in [2.75, 3.05) is 13.1 Å². The molecular weight excluding hydrogens is 154 g/mol. The lowest BCUT2D eigenvalue weighted by atomic mass is 9.80. The van der Waals surface area contributed by atoms with Crippen LogP contribution in [0.15, 0.2) is 0 Å². The average molecular weight is 173 g/mol. The molecule has 1 aliphatic heterocycles. The maximum atomic E-state index is 9.93. The van der Waals surface area contributed by atoms with Crippen molar-refractivity contribution in [1.29, 1.82) is 0 Å². The fourth-order valence-corrected chi connectivity index (χ4v) is 1.69. The first-order valence-electron chi connectivity index (χ1n) is 4.66. The van der Waals surface area contributed by atoms with Crippen molar-refractivity contribution in [3.8, 4) is 0 Å². The van der Waals surface area contributed by atoms with E-state index < -0.39 is 11.7 Å². The van der Waals surface area contributed by atoms with Gasteiger partial charge in [-0.25, -0.2) is 0 Å². The SMILES string of the molecule is CC(O)[C@@](C)(O)[C@H]1CCCNC1. The van der Waals surface area contributed by atoms with E-state index >= 15 is 0 Å². The van der Waals surface area contributed by atoms with Gasteiger partial charge in [0.2, 0.25) is 0 Å². The zero-order valence-corrected chi connectivity index (χ0v) is 7.88. The summed E-state index contributed by atoms with van der Waals surface area (Å²) in [4.78, 5) is 0. The van der Waals surface area contributed by atoms with E-state index in [2.05, 4.69) is 5.32 Å². The molecule has 0 aromatic heterocycles. The van der Waals surface area contributed by atoms with Crippen LogP contribution in [-0.2, 0) is 0 Å². The molecule has 0 aromatic rings. The van der Waals surface area contributed by atoms with E-state index in [4.69, 9.17) is 0 Å². The van der Waals surface area contributed by atoms with Gasteiger partial charge in [0.15, 0.2) is 0 Å². The van der Waals surface area contributed by atoms with Crippen LogP contribution in [0.5, 0.6) is 0 Å². The second kappa shape index (κ2) is 3.73. The highest BCUT2D eigenvalue weighted by atomic mass is 16.3. The highest BCUT2D eigenvalue weighted by molar-refractivity contribution is 4.89. The topological polar surface area (TPSA) is 52.5 Å². The number of nitrogens with one attached hydrogen (secondary N) is 1. The molecule has 1 aliphatic rings. The minimum absolute atomic E-state index is 0.186. The summed E-state index contributed by atoms with van der Waals surface area (Å²) in [6, 6.07) is 0. The average Bonchev–Trinajstić information content (AvgIpc) is 2.06. The molecule has 0 bridgehead atoms. The molecular formula is C9H19NO2. The number of aliphatic hydroxyl groups excluding tert-OH is 1. The monoisotopic (exact) mass is 173 g/mol. The van der Waals surface area contributed by atoms with Gasteiger partial charge in [-0.2, -0.15) is 0 Å². The summed E-state index contributed by atoms with van der Waals surface area (Å²) < 4.78 is 0. The molecule has 0 radical (unpaired) electrons. The second-order valence-corrected chi connectivity index (χ2v) is 3.95. The van der Waals surface area contributed by atoms with Crippen LogP contribution in [0.1, 0.15) is 26.7 Å². The third-order valence-electron chi connectivity index (χ3n) is 2.97. The van der Waals surface area contributed by atoms with Gasteiger partial charge in [-0.05, 0) is 33.2 Å². The summed E-state index contributed by atoms with van der Waals surface area (Å²) in [6.45, 7) is 5.22. The Kier molecular flexibility index (Phi) is 3.09. The molecule has 0 aromatic carbocycles.